The number of nitrogens with two attached hydrogens (primary N) is 1. The van der Waals surface area contributed by atoms with Crippen LogP contribution in [0.25, 0.3) is 0 Å². The molecule has 124 valence electrons. The third-order valence-electron chi connectivity index (χ3n) is 4.64. The molecule has 6 nitrogen and oxygen atoms in total. The Hall–Kier alpha value is -0.400. The van der Waals surface area contributed by atoms with Gasteiger partial charge in [0.15, 0.2) is 0 Å². The molecule has 0 spiro atoms. The Morgan fingerprint density at radius 2 is 1.67 bits per heavy atom. The first-order valence-corrected chi connectivity index (χ1v) is 7.64. The number of nitrogens with zero attached hydrogens (tertiary/aromatic N) is 3. The fourth-order valence-electron chi connectivity index (χ4n) is 3.08. The van der Waals surface area contributed by atoms with Crippen LogP contribution in [0.4, 0.5) is 0 Å². The van der Waals surface area contributed by atoms with Crippen molar-refractivity contribution in [3.63, 3.8) is 0 Å². The molecular formula is C14H29ClN4O2. The van der Waals surface area contributed by atoms with Crippen molar-refractivity contribution in [2.45, 2.75) is 38.0 Å². The van der Waals surface area contributed by atoms with E-state index in [1.165, 1.54) is 12.8 Å². The number of carbonyl (C=O) groups is 1. The van der Waals surface area contributed by atoms with Crippen LogP contribution in [0.1, 0.15) is 19.8 Å². The molecule has 0 bridgehead atoms. The summed E-state index contributed by atoms with van der Waals surface area (Å²) in [7, 11) is 2.17. The highest BCUT2D eigenvalue weighted by molar-refractivity contribution is 5.85. The maximum Gasteiger partial charge on any atom is 0.242 e. The second-order valence-corrected chi connectivity index (χ2v) is 6.16. The number of hydrogen-bond acceptors (Lipinski definition) is 5. The number of carbonyl (C=O) groups excluding carboxylic acids is 1. The van der Waals surface area contributed by atoms with Gasteiger partial charge in [0.2, 0.25) is 5.91 Å². The Balaban J connectivity index is 0.00000220. The van der Waals surface area contributed by atoms with Gasteiger partial charge in [-0.2, -0.15) is 0 Å². The smallest absolute Gasteiger partial charge is 0.242 e. The van der Waals surface area contributed by atoms with Gasteiger partial charge < -0.3 is 20.6 Å². The number of piperidine rings is 1. The maximum atomic E-state index is 12.1. The van der Waals surface area contributed by atoms with E-state index in [4.69, 9.17) is 5.73 Å². The van der Waals surface area contributed by atoms with Crippen LogP contribution in [-0.4, -0.2) is 90.2 Å². The molecule has 0 aliphatic carbocycles. The number of likely N-dealkylation sites (tertiary alicyclic amines) is 1. The lowest BCUT2D eigenvalue weighted by molar-refractivity contribution is -0.137. The summed E-state index contributed by atoms with van der Waals surface area (Å²) in [5, 5.41) is 9.42. The van der Waals surface area contributed by atoms with Crippen LogP contribution in [0, 0.1) is 0 Å². The van der Waals surface area contributed by atoms with Crippen molar-refractivity contribution in [2.75, 3.05) is 46.3 Å². The number of hydrogen-bond donors (Lipinski definition) is 2. The zero-order valence-corrected chi connectivity index (χ0v) is 13.9. The van der Waals surface area contributed by atoms with Crippen LogP contribution < -0.4 is 5.73 Å². The minimum Gasteiger partial charge on any atom is -0.391 e. The molecule has 2 atom stereocenters. The highest BCUT2D eigenvalue weighted by Gasteiger charge is 2.30. The summed E-state index contributed by atoms with van der Waals surface area (Å²) in [6.07, 6.45) is 1.66. The number of piperazine rings is 1. The second kappa shape index (κ2) is 8.29. The van der Waals surface area contributed by atoms with E-state index in [2.05, 4.69) is 16.8 Å². The van der Waals surface area contributed by atoms with E-state index in [0.717, 1.165) is 39.3 Å². The van der Waals surface area contributed by atoms with Crippen molar-refractivity contribution in [1.29, 1.82) is 0 Å². The summed E-state index contributed by atoms with van der Waals surface area (Å²) in [6, 6.07) is -0.126. The van der Waals surface area contributed by atoms with E-state index < -0.39 is 12.1 Å². The van der Waals surface area contributed by atoms with Crippen molar-refractivity contribution in [3.05, 3.63) is 0 Å². The standard InChI is InChI=1S/C14H28N4O2.ClH/c1-11(19)13(15)14(20)18-9-7-17(8-10-18)12-3-5-16(2)6-4-12;/h11-13,19H,3-10,15H2,1-2H3;1H/t11-,13-;/m1./s1. The molecule has 7 heteroatoms. The highest BCUT2D eigenvalue weighted by Crippen LogP contribution is 2.17. The van der Waals surface area contributed by atoms with Gasteiger partial charge in [0.05, 0.1) is 6.10 Å². The number of halogens is 1. The second-order valence-electron chi connectivity index (χ2n) is 6.16. The van der Waals surface area contributed by atoms with Crippen molar-refractivity contribution < 1.29 is 9.90 Å². The predicted octanol–water partition coefficient (Wildman–Crippen LogP) is -0.645. The average Bonchev–Trinajstić information content (AvgIpc) is 2.46. The minimum atomic E-state index is -0.787. The lowest BCUT2D eigenvalue weighted by atomic mass is 10.0. The molecule has 3 N–H and O–H groups in total. The summed E-state index contributed by atoms with van der Waals surface area (Å²) in [6.45, 7) is 7.20. The third-order valence-corrected chi connectivity index (χ3v) is 4.64. The molecule has 1 amide bonds. The average molecular weight is 321 g/mol. The van der Waals surface area contributed by atoms with Crippen molar-refractivity contribution >= 4 is 18.3 Å². The number of amides is 1. The fraction of sp³-hybridized carbons (Fsp3) is 0.929. The Kier molecular flexibility index (Phi) is 7.36. The van der Waals surface area contributed by atoms with Crippen LogP contribution in [0.2, 0.25) is 0 Å². The van der Waals surface area contributed by atoms with Crippen molar-refractivity contribution in [1.82, 2.24) is 14.7 Å². The summed E-state index contributed by atoms with van der Waals surface area (Å²) in [5.74, 6) is -0.122. The molecule has 0 aromatic heterocycles. The Bertz CT molecular complexity index is 327. The topological polar surface area (TPSA) is 73.0 Å². The molecular weight excluding hydrogens is 292 g/mol. The molecule has 0 radical (unpaired) electrons. The first-order valence-electron chi connectivity index (χ1n) is 7.64. The molecule has 2 aliphatic rings. The van der Waals surface area contributed by atoms with E-state index in [1.807, 2.05) is 0 Å². The monoisotopic (exact) mass is 320 g/mol. The van der Waals surface area contributed by atoms with E-state index in [-0.39, 0.29) is 18.3 Å². The zero-order valence-electron chi connectivity index (χ0n) is 13.1. The van der Waals surface area contributed by atoms with Gasteiger partial charge in [0, 0.05) is 32.2 Å². The van der Waals surface area contributed by atoms with E-state index in [9.17, 15) is 9.90 Å². The van der Waals surface area contributed by atoms with Crippen LogP contribution in [0.5, 0.6) is 0 Å². The summed E-state index contributed by atoms with van der Waals surface area (Å²) in [5.41, 5.74) is 5.72. The van der Waals surface area contributed by atoms with Crippen LogP contribution in [0.3, 0.4) is 0 Å². The highest BCUT2D eigenvalue weighted by atomic mass is 35.5. The van der Waals surface area contributed by atoms with Gasteiger partial charge in [-0.05, 0) is 39.9 Å². The normalized spacial score (nSPS) is 25.2. The van der Waals surface area contributed by atoms with Crippen molar-refractivity contribution in [2.24, 2.45) is 5.73 Å². The first kappa shape index (κ1) is 18.6. The number of aliphatic hydroxyl groups excluding tert-OH is 1. The lowest BCUT2D eigenvalue weighted by Gasteiger charge is -2.42. The molecule has 0 unspecified atom stereocenters. The molecule has 0 aromatic rings. The number of aliphatic hydroxyl groups is 1. The molecule has 2 saturated heterocycles. The molecule has 2 fully saturated rings. The van der Waals surface area contributed by atoms with Crippen LogP contribution in [-0.2, 0) is 4.79 Å². The van der Waals surface area contributed by atoms with Gasteiger partial charge in [0.25, 0.3) is 0 Å². The summed E-state index contributed by atoms with van der Waals surface area (Å²) < 4.78 is 0. The third kappa shape index (κ3) is 4.79. The Labute approximate surface area is 133 Å². The fourth-order valence-corrected chi connectivity index (χ4v) is 3.08. The van der Waals surface area contributed by atoms with Crippen LogP contribution >= 0.6 is 12.4 Å². The Morgan fingerprint density at radius 1 is 1.14 bits per heavy atom. The summed E-state index contributed by atoms with van der Waals surface area (Å²) >= 11 is 0. The van der Waals surface area contributed by atoms with E-state index in [1.54, 1.807) is 11.8 Å². The number of rotatable bonds is 3. The van der Waals surface area contributed by atoms with Gasteiger partial charge in [-0.15, -0.1) is 12.4 Å². The van der Waals surface area contributed by atoms with E-state index >= 15 is 0 Å². The maximum absolute atomic E-state index is 12.1. The molecule has 2 aliphatic heterocycles. The first-order chi connectivity index (χ1) is 9.49. The minimum absolute atomic E-state index is 0. The van der Waals surface area contributed by atoms with Gasteiger partial charge in [-0.1, -0.05) is 0 Å². The summed E-state index contributed by atoms with van der Waals surface area (Å²) in [4.78, 5) is 18.8. The van der Waals surface area contributed by atoms with Gasteiger partial charge in [-0.25, -0.2) is 0 Å². The van der Waals surface area contributed by atoms with Crippen LogP contribution in [0.15, 0.2) is 0 Å². The van der Waals surface area contributed by atoms with Gasteiger partial charge in [0.1, 0.15) is 6.04 Å². The molecule has 2 heterocycles. The Morgan fingerprint density at radius 3 is 2.14 bits per heavy atom. The van der Waals surface area contributed by atoms with Crippen molar-refractivity contribution in [3.8, 4) is 0 Å². The SMILES string of the molecule is C[C@@H](O)[C@@H](N)C(=O)N1CCN(C2CCN(C)CC2)CC1.Cl. The molecule has 21 heavy (non-hydrogen) atoms. The van der Waals surface area contributed by atoms with E-state index in [0.29, 0.717) is 6.04 Å². The molecule has 0 aromatic carbocycles. The van der Waals surface area contributed by atoms with Gasteiger partial charge >= 0.3 is 0 Å². The molecule has 2 rings (SSSR count). The quantitative estimate of drug-likeness (QED) is 0.723. The van der Waals surface area contributed by atoms with Gasteiger partial charge in [-0.3, -0.25) is 9.69 Å². The predicted molar refractivity (Wildman–Crippen MR) is 85.6 cm³/mol. The lowest BCUT2D eigenvalue weighted by Crippen LogP contribution is -2.58. The largest absolute Gasteiger partial charge is 0.391 e. The molecule has 0 saturated carbocycles. The zero-order chi connectivity index (χ0) is 14.7.